The number of hydrogen-bond donors (Lipinski definition) is 3. The number of aliphatic carboxylic acids is 1. The van der Waals surface area contributed by atoms with E-state index >= 15 is 0 Å². The predicted octanol–water partition coefficient (Wildman–Crippen LogP) is 1.61. The average Bonchev–Trinajstić information content (AvgIpc) is 2.38. The quantitative estimate of drug-likeness (QED) is 0.155. The first-order valence-electron chi connectivity index (χ1n) is 5.37. The zero-order chi connectivity index (χ0) is 15.1. The number of aromatic nitrogens is 1. The number of hydrogen-bond acceptors (Lipinski definition) is 5. The van der Waals surface area contributed by atoms with Gasteiger partial charge in [-0.15, -0.1) is 0 Å². The molecular weight excluding hydrogens is 538 g/mol. The Labute approximate surface area is 151 Å². The van der Waals surface area contributed by atoms with Crippen molar-refractivity contribution in [2.24, 2.45) is 5.73 Å². The summed E-state index contributed by atoms with van der Waals surface area (Å²) in [5.74, 6) is 1.74. The van der Waals surface area contributed by atoms with Crippen molar-refractivity contribution >= 4 is 38.1 Å². The molecule has 0 spiro atoms. The monoisotopic (exact) mass is 551 g/mol. The molecule has 21 heavy (non-hydrogen) atoms. The number of carboxylic acids is 2. The van der Waals surface area contributed by atoms with Gasteiger partial charge in [-0.2, -0.15) is 0 Å². The van der Waals surface area contributed by atoms with E-state index < -0.39 is 21.5 Å². The molecule has 0 saturated heterocycles. The van der Waals surface area contributed by atoms with Crippen LogP contribution in [0.25, 0.3) is 0 Å². The van der Waals surface area contributed by atoms with Gasteiger partial charge in [0.2, 0.25) is 0 Å². The first-order valence-corrected chi connectivity index (χ1v) is 8.16. The van der Waals surface area contributed by atoms with Crippen molar-refractivity contribution in [2.75, 3.05) is 0 Å². The van der Waals surface area contributed by atoms with Gasteiger partial charge in [-0.3, -0.25) is 10.9 Å². The van der Waals surface area contributed by atoms with Gasteiger partial charge in [-0.05, 0) is 18.6 Å². The minimum atomic E-state index is -1.14. The van der Waals surface area contributed by atoms with Crippen LogP contribution in [0.2, 0.25) is 0 Å². The molecule has 0 radical (unpaired) electrons. The summed E-state index contributed by atoms with van der Waals surface area (Å²) in [5.41, 5.74) is 5.93. The standard InChI is InChI=1S/C12H13N2O4S2.U/c1-20(19-9(13)3-2-4-11(15)16)10-6-5-8(7-14-10)12(17)18;/h2,5-7,9H,1,3,13H2,(H,15,16)(H,17,18);/q-1;. The average molecular weight is 551 g/mol. The first-order chi connectivity index (χ1) is 9.40. The number of nitrogens with two attached hydrogens (primary N) is 1. The van der Waals surface area contributed by atoms with Gasteiger partial charge in [0.1, 0.15) is 5.97 Å². The predicted molar refractivity (Wildman–Crippen MR) is 79.8 cm³/mol. The molecule has 4 N–H and O–H groups in total. The van der Waals surface area contributed by atoms with Gasteiger partial charge in [0, 0.05) is 37.3 Å². The van der Waals surface area contributed by atoms with Crippen LogP contribution in [-0.2, 0) is 4.79 Å². The number of carboxylic acid groups (broad SMARTS) is 2. The molecule has 2 atom stereocenters. The number of rotatable bonds is 7. The maximum Gasteiger partial charge on any atom is 0.337 e. The van der Waals surface area contributed by atoms with E-state index in [0.717, 1.165) is 0 Å². The van der Waals surface area contributed by atoms with Gasteiger partial charge in [-0.1, -0.05) is 26.2 Å². The zero-order valence-electron chi connectivity index (χ0n) is 10.9. The van der Waals surface area contributed by atoms with Gasteiger partial charge >= 0.3 is 5.97 Å². The van der Waals surface area contributed by atoms with Crippen LogP contribution in [0.4, 0.5) is 0 Å². The van der Waals surface area contributed by atoms with Gasteiger partial charge in [0.05, 0.1) is 16.0 Å². The third kappa shape index (κ3) is 7.83. The third-order valence-electron chi connectivity index (χ3n) is 2.03. The first kappa shape index (κ1) is 20.4. The van der Waals surface area contributed by atoms with Crippen LogP contribution in [-0.4, -0.2) is 38.4 Å². The van der Waals surface area contributed by atoms with E-state index in [-0.39, 0.29) is 42.1 Å². The van der Waals surface area contributed by atoms with E-state index in [2.05, 4.69) is 16.9 Å². The third-order valence-corrected chi connectivity index (χ3v) is 5.36. The molecule has 0 aliphatic carbocycles. The largest absolute Gasteiger partial charge is 0.505 e. The summed E-state index contributed by atoms with van der Waals surface area (Å²) >= 11 is 0. The summed E-state index contributed by atoms with van der Waals surface area (Å²) in [5, 5.41) is 17.5. The number of pyridine rings is 1. The topological polar surface area (TPSA) is 114 Å². The second kappa shape index (κ2) is 10.2. The molecule has 0 bridgehead atoms. The molecule has 2 unspecified atom stereocenters. The summed E-state index contributed by atoms with van der Waals surface area (Å²) in [6.07, 6.45) is 5.09. The van der Waals surface area contributed by atoms with Crippen LogP contribution in [0.5, 0.6) is 0 Å². The summed E-state index contributed by atoms with van der Waals surface area (Å²) in [4.78, 5) is 25.0. The summed E-state index contributed by atoms with van der Waals surface area (Å²) in [7, 11) is 0.782. The molecule has 0 aliphatic heterocycles. The van der Waals surface area contributed by atoms with Crippen LogP contribution in [0, 0.1) is 37.2 Å². The Bertz CT molecular complexity index is 549. The Morgan fingerprint density at radius 1 is 1.52 bits per heavy atom. The summed E-state index contributed by atoms with van der Waals surface area (Å²) in [6, 6.07) is 3.05. The van der Waals surface area contributed by atoms with Gasteiger partial charge < -0.3 is 22.0 Å². The fourth-order valence-corrected chi connectivity index (χ4v) is 3.83. The maximum absolute atomic E-state index is 10.7. The molecule has 112 valence electrons. The normalized spacial score (nSPS) is 13.4. The van der Waals surface area contributed by atoms with Gasteiger partial charge in [0.15, 0.2) is 0 Å². The Kier molecular flexibility index (Phi) is 9.91. The van der Waals surface area contributed by atoms with E-state index in [9.17, 15) is 9.59 Å². The van der Waals surface area contributed by atoms with Crippen LogP contribution in [0.3, 0.4) is 0 Å². The zero-order valence-corrected chi connectivity index (χ0v) is 16.6. The number of carbonyl (C=O) groups is 2. The summed E-state index contributed by atoms with van der Waals surface area (Å²) < 4.78 is 0. The van der Waals surface area contributed by atoms with Crippen molar-refractivity contribution in [3.05, 3.63) is 36.0 Å². The Morgan fingerprint density at radius 3 is 2.67 bits per heavy atom. The van der Waals surface area contributed by atoms with Crippen molar-refractivity contribution in [1.82, 2.24) is 4.98 Å². The molecule has 1 aromatic rings. The molecule has 0 saturated carbocycles. The van der Waals surface area contributed by atoms with E-state index in [1.54, 1.807) is 6.07 Å². The van der Waals surface area contributed by atoms with Crippen molar-refractivity contribution in [3.8, 4) is 0 Å². The summed E-state index contributed by atoms with van der Waals surface area (Å²) in [6.45, 7) is 0. The minimum Gasteiger partial charge on any atom is -0.505 e. The smallest absolute Gasteiger partial charge is 0.337 e. The maximum atomic E-state index is 10.7. The van der Waals surface area contributed by atoms with Crippen LogP contribution < -0.4 is 5.73 Å². The Hall–Kier alpha value is -0.588. The van der Waals surface area contributed by atoms with Crippen LogP contribution in [0.15, 0.2) is 29.4 Å². The Morgan fingerprint density at radius 2 is 2.19 bits per heavy atom. The molecule has 0 fully saturated rings. The van der Waals surface area contributed by atoms with Crippen molar-refractivity contribution in [2.45, 2.75) is 16.8 Å². The van der Waals surface area contributed by atoms with Crippen molar-refractivity contribution < 1.29 is 50.9 Å². The van der Waals surface area contributed by atoms with Crippen molar-refractivity contribution in [1.29, 1.82) is 0 Å². The van der Waals surface area contributed by atoms with Crippen molar-refractivity contribution in [3.63, 3.8) is 0 Å². The molecule has 6 nitrogen and oxygen atoms in total. The fraction of sp³-hybridized carbons (Fsp3) is 0.167. The molecule has 9 heteroatoms. The van der Waals surface area contributed by atoms with Gasteiger partial charge in [-0.25, -0.2) is 9.78 Å². The molecule has 1 heterocycles. The SMILES string of the molecule is C=S(SC(N)CC=[C-]C(=O)O)c1ccc(C(=O)O)cn1.[U]. The molecule has 0 amide bonds. The Balaban J connectivity index is 0.00000400. The van der Waals surface area contributed by atoms with Crippen LogP contribution in [0.1, 0.15) is 16.8 Å². The molecular formula is C12H13N2O4S2U-. The molecule has 1 rings (SSSR count). The van der Waals surface area contributed by atoms with E-state index in [4.69, 9.17) is 15.9 Å². The fourth-order valence-electron chi connectivity index (χ4n) is 1.14. The minimum absolute atomic E-state index is 0. The molecule has 1 aromatic heterocycles. The van der Waals surface area contributed by atoms with Gasteiger partial charge in [0.25, 0.3) is 0 Å². The second-order valence-electron chi connectivity index (χ2n) is 3.56. The van der Waals surface area contributed by atoms with E-state index in [1.807, 2.05) is 0 Å². The number of nitrogens with zero attached hydrogens (tertiary/aromatic N) is 1. The molecule has 0 aromatic carbocycles. The van der Waals surface area contributed by atoms with E-state index in [1.165, 1.54) is 29.1 Å². The molecule has 0 aliphatic rings. The van der Waals surface area contributed by atoms with E-state index in [0.29, 0.717) is 11.4 Å². The second-order valence-corrected chi connectivity index (χ2v) is 7.25. The number of aromatic carboxylic acids is 1. The van der Waals surface area contributed by atoms with Crippen LogP contribution >= 0.6 is 20.3 Å².